The van der Waals surface area contributed by atoms with Crippen LogP contribution in [0.4, 0.5) is 18.3 Å². The van der Waals surface area contributed by atoms with E-state index in [-0.39, 0.29) is 20.9 Å². The highest BCUT2D eigenvalue weighted by Gasteiger charge is 2.37. The SMILES string of the molecule is CC(C)(Br)C(=O)Nc1nc2c(C(F)(F)F)cc3c(cnn3C(=O)C(C)(C)Br)c2s1. The number of nitrogens with one attached hydrogen (secondary N) is 1. The molecule has 1 aromatic carbocycles. The van der Waals surface area contributed by atoms with Crippen LogP contribution in [0.2, 0.25) is 0 Å². The molecule has 12 heteroatoms. The van der Waals surface area contributed by atoms with Gasteiger partial charge in [-0.1, -0.05) is 43.2 Å². The van der Waals surface area contributed by atoms with Crippen molar-refractivity contribution < 1.29 is 22.8 Å². The largest absolute Gasteiger partial charge is 0.418 e. The van der Waals surface area contributed by atoms with Crippen LogP contribution in [0.1, 0.15) is 38.1 Å². The predicted molar refractivity (Wildman–Crippen MR) is 113 cm³/mol. The van der Waals surface area contributed by atoms with Crippen molar-refractivity contribution in [2.75, 3.05) is 5.32 Å². The van der Waals surface area contributed by atoms with Gasteiger partial charge < -0.3 is 5.32 Å². The van der Waals surface area contributed by atoms with E-state index in [9.17, 15) is 22.8 Å². The van der Waals surface area contributed by atoms with E-state index in [1.807, 2.05) is 0 Å². The van der Waals surface area contributed by atoms with Crippen LogP contribution in [-0.4, -0.2) is 35.2 Å². The average molecular weight is 556 g/mol. The number of halogens is 5. The van der Waals surface area contributed by atoms with Gasteiger partial charge in [0.05, 0.1) is 31.8 Å². The maximum Gasteiger partial charge on any atom is 0.418 e. The molecule has 2 aromatic heterocycles. The lowest BCUT2D eigenvalue weighted by Gasteiger charge is -2.15. The molecule has 0 unspecified atom stereocenters. The number of benzene rings is 1. The van der Waals surface area contributed by atoms with Gasteiger partial charge in [-0.3, -0.25) is 9.59 Å². The number of alkyl halides is 5. The molecule has 0 saturated heterocycles. The zero-order chi connectivity index (χ0) is 21.9. The van der Waals surface area contributed by atoms with Crippen molar-refractivity contribution >= 4 is 81.3 Å². The summed E-state index contributed by atoms with van der Waals surface area (Å²) in [6.07, 6.45) is -3.38. The van der Waals surface area contributed by atoms with Crippen LogP contribution in [0.15, 0.2) is 12.3 Å². The van der Waals surface area contributed by atoms with E-state index in [1.165, 1.54) is 6.20 Å². The van der Waals surface area contributed by atoms with Gasteiger partial charge in [0, 0.05) is 5.39 Å². The average Bonchev–Trinajstić information content (AvgIpc) is 3.13. The first-order valence-corrected chi connectivity index (χ1v) is 10.6. The molecule has 156 valence electrons. The van der Waals surface area contributed by atoms with E-state index in [2.05, 4.69) is 47.3 Å². The van der Waals surface area contributed by atoms with E-state index in [4.69, 9.17) is 0 Å². The van der Waals surface area contributed by atoms with E-state index < -0.39 is 32.2 Å². The molecule has 0 aliphatic rings. The van der Waals surface area contributed by atoms with E-state index in [1.54, 1.807) is 27.7 Å². The minimum absolute atomic E-state index is 0.0182. The van der Waals surface area contributed by atoms with E-state index in [0.717, 1.165) is 22.1 Å². The van der Waals surface area contributed by atoms with Crippen LogP contribution in [0.3, 0.4) is 0 Å². The Hall–Kier alpha value is -1.53. The first-order chi connectivity index (χ1) is 13.1. The van der Waals surface area contributed by atoms with Gasteiger partial charge in [-0.05, 0) is 33.8 Å². The fraction of sp³-hybridized carbons (Fsp3) is 0.412. The van der Waals surface area contributed by atoms with Gasteiger partial charge in [0.15, 0.2) is 5.13 Å². The molecule has 0 bridgehead atoms. The van der Waals surface area contributed by atoms with Gasteiger partial charge in [-0.2, -0.15) is 23.0 Å². The second-order valence-corrected chi connectivity index (χ2v) is 12.3. The summed E-state index contributed by atoms with van der Waals surface area (Å²) >= 11 is 7.31. The summed E-state index contributed by atoms with van der Waals surface area (Å²) in [7, 11) is 0. The van der Waals surface area contributed by atoms with Gasteiger partial charge in [0.1, 0.15) is 4.32 Å². The zero-order valence-corrected chi connectivity index (χ0v) is 19.6. The molecule has 1 N–H and O–H groups in total. The fourth-order valence-corrected chi connectivity index (χ4v) is 3.75. The lowest BCUT2D eigenvalue weighted by Crippen LogP contribution is -2.30. The summed E-state index contributed by atoms with van der Waals surface area (Å²) in [5.41, 5.74) is -1.29. The Morgan fingerprint density at radius 1 is 1.14 bits per heavy atom. The third-order valence-electron chi connectivity index (χ3n) is 3.98. The Balaban J connectivity index is 2.27. The summed E-state index contributed by atoms with van der Waals surface area (Å²) < 4.78 is 40.4. The van der Waals surface area contributed by atoms with Crippen molar-refractivity contribution in [2.24, 2.45) is 0 Å². The third-order valence-corrected chi connectivity index (χ3v) is 5.68. The lowest BCUT2D eigenvalue weighted by atomic mass is 10.1. The Kier molecular flexibility index (Phi) is 5.36. The van der Waals surface area contributed by atoms with Gasteiger partial charge in [0.2, 0.25) is 5.91 Å². The van der Waals surface area contributed by atoms with E-state index >= 15 is 0 Å². The third kappa shape index (κ3) is 4.19. The first kappa shape index (κ1) is 22.2. The van der Waals surface area contributed by atoms with E-state index in [0.29, 0.717) is 5.39 Å². The normalized spacial score (nSPS) is 13.3. The zero-order valence-electron chi connectivity index (χ0n) is 15.6. The molecule has 0 saturated carbocycles. The number of anilines is 1. The molecule has 0 spiro atoms. The number of aromatic nitrogens is 3. The standard InChI is InChI=1S/C17H15Br2F3N4O2S/c1-15(2,18)12(27)25-14-24-10-8(17(20,21)22)5-9-7(11(10)29-14)6-23-26(9)13(28)16(3,4)19/h5-6H,1-4H3,(H,24,25,27). The summed E-state index contributed by atoms with van der Waals surface area (Å²) in [5.74, 6) is -0.965. The molecule has 3 rings (SSSR count). The van der Waals surface area contributed by atoms with Gasteiger partial charge in [-0.15, -0.1) is 0 Å². The fourth-order valence-electron chi connectivity index (χ4n) is 2.49. The number of carbonyl (C=O) groups is 2. The molecular weight excluding hydrogens is 541 g/mol. The van der Waals surface area contributed by atoms with Crippen molar-refractivity contribution in [2.45, 2.75) is 42.5 Å². The second kappa shape index (κ2) is 7.02. The Morgan fingerprint density at radius 2 is 1.76 bits per heavy atom. The molecule has 6 nitrogen and oxygen atoms in total. The summed E-state index contributed by atoms with van der Waals surface area (Å²) in [6, 6.07) is 0.862. The Bertz CT molecular complexity index is 1140. The molecule has 0 radical (unpaired) electrons. The van der Waals surface area contributed by atoms with Crippen molar-refractivity contribution in [3.8, 4) is 0 Å². The number of fused-ring (bicyclic) bond motifs is 3. The smallest absolute Gasteiger partial charge is 0.301 e. The summed E-state index contributed by atoms with van der Waals surface area (Å²) in [6.45, 7) is 6.36. The van der Waals surface area contributed by atoms with Crippen molar-refractivity contribution in [3.63, 3.8) is 0 Å². The van der Waals surface area contributed by atoms with Crippen LogP contribution in [0.25, 0.3) is 21.1 Å². The quantitative estimate of drug-likeness (QED) is 0.427. The summed E-state index contributed by atoms with van der Waals surface area (Å²) in [4.78, 5) is 28.8. The van der Waals surface area contributed by atoms with Crippen LogP contribution >= 0.6 is 43.2 Å². The second-order valence-electron chi connectivity index (χ2n) is 7.31. The molecule has 1 amide bonds. The van der Waals surface area contributed by atoms with Crippen LogP contribution in [-0.2, 0) is 11.0 Å². The van der Waals surface area contributed by atoms with Gasteiger partial charge >= 0.3 is 6.18 Å². The Labute approximate surface area is 184 Å². The van der Waals surface area contributed by atoms with Crippen molar-refractivity contribution in [1.82, 2.24) is 14.8 Å². The molecule has 29 heavy (non-hydrogen) atoms. The maximum atomic E-state index is 13.7. The molecule has 2 heterocycles. The van der Waals surface area contributed by atoms with Crippen LogP contribution in [0, 0.1) is 0 Å². The lowest BCUT2D eigenvalue weighted by molar-refractivity contribution is -0.136. The number of hydrogen-bond acceptors (Lipinski definition) is 5. The number of carbonyl (C=O) groups excluding carboxylic acids is 2. The number of nitrogens with zero attached hydrogens (tertiary/aromatic N) is 3. The molecule has 0 aliphatic heterocycles. The van der Waals surface area contributed by atoms with Gasteiger partial charge in [-0.25, -0.2) is 4.98 Å². The first-order valence-electron chi connectivity index (χ1n) is 8.23. The Morgan fingerprint density at radius 3 is 2.28 bits per heavy atom. The highest BCUT2D eigenvalue weighted by Crippen LogP contribution is 2.42. The highest BCUT2D eigenvalue weighted by atomic mass is 79.9. The number of hydrogen-bond donors (Lipinski definition) is 1. The maximum absolute atomic E-state index is 13.7. The van der Waals surface area contributed by atoms with Crippen molar-refractivity contribution in [3.05, 3.63) is 17.8 Å². The molecular formula is C17H15Br2F3N4O2S. The van der Waals surface area contributed by atoms with Crippen LogP contribution < -0.4 is 5.32 Å². The topological polar surface area (TPSA) is 76.9 Å². The van der Waals surface area contributed by atoms with Crippen molar-refractivity contribution in [1.29, 1.82) is 0 Å². The van der Waals surface area contributed by atoms with Crippen LogP contribution in [0.5, 0.6) is 0 Å². The number of thiazole rings is 1. The number of rotatable bonds is 3. The number of amides is 1. The summed E-state index contributed by atoms with van der Waals surface area (Å²) in [5, 5.41) is 6.88. The highest BCUT2D eigenvalue weighted by molar-refractivity contribution is 9.10. The molecule has 0 atom stereocenters. The molecule has 0 fully saturated rings. The monoisotopic (exact) mass is 554 g/mol. The minimum Gasteiger partial charge on any atom is -0.301 e. The van der Waals surface area contributed by atoms with Gasteiger partial charge in [0.25, 0.3) is 5.91 Å². The molecule has 0 aliphatic carbocycles. The predicted octanol–water partition coefficient (Wildman–Crippen LogP) is 5.59. The molecule has 3 aromatic rings. The minimum atomic E-state index is -4.71.